The van der Waals surface area contributed by atoms with Gasteiger partial charge in [-0.1, -0.05) is 60.7 Å². The van der Waals surface area contributed by atoms with Crippen LogP contribution in [0.4, 0.5) is 4.79 Å². The monoisotopic (exact) mass is 459 g/mol. The summed E-state index contributed by atoms with van der Waals surface area (Å²) in [6.45, 7) is 1.73. The average Bonchev–Trinajstić information content (AvgIpc) is 2.65. The van der Waals surface area contributed by atoms with Crippen LogP contribution >= 0.6 is 0 Å². The van der Waals surface area contributed by atoms with E-state index in [-0.39, 0.29) is 17.0 Å². The first-order valence-electron chi connectivity index (χ1n) is 9.13. The Kier molecular flexibility index (Phi) is 9.14. The van der Waals surface area contributed by atoms with E-state index in [0.29, 0.717) is 5.75 Å². The van der Waals surface area contributed by atoms with Gasteiger partial charge in [0.1, 0.15) is 24.9 Å². The second kappa shape index (κ2) is 10.8. The molecular formula is C23H28BrN2O3-. The first-order valence-corrected chi connectivity index (χ1v) is 9.13. The highest BCUT2D eigenvalue weighted by Crippen LogP contribution is 2.30. The minimum atomic E-state index is -1.16. The molecule has 0 saturated carbocycles. The lowest BCUT2D eigenvalue weighted by Gasteiger charge is -2.30. The molecule has 3 aromatic rings. The zero-order chi connectivity index (χ0) is 20.7. The molecule has 6 heteroatoms. The number of hydrogen-bond acceptors (Lipinski definition) is 3. The van der Waals surface area contributed by atoms with Gasteiger partial charge < -0.3 is 41.4 Å². The number of quaternary nitrogens is 1. The fraction of sp³-hybridized carbons (Fsp3) is 0.261. The van der Waals surface area contributed by atoms with Crippen LogP contribution in [0.1, 0.15) is 11.1 Å². The second-order valence-electron chi connectivity index (χ2n) is 7.68. The summed E-state index contributed by atoms with van der Waals surface area (Å²) in [6.07, 6.45) is -1.16. The van der Waals surface area contributed by atoms with Crippen molar-refractivity contribution in [1.29, 1.82) is 0 Å². The maximum atomic E-state index is 10.3. The van der Waals surface area contributed by atoms with Gasteiger partial charge in [-0.2, -0.15) is 0 Å². The molecule has 0 aliphatic rings. The third kappa shape index (κ3) is 7.40. The van der Waals surface area contributed by atoms with Crippen molar-refractivity contribution in [3.63, 3.8) is 0 Å². The number of phenolic OH excluding ortho intramolecular Hbond substituents is 1. The van der Waals surface area contributed by atoms with Crippen molar-refractivity contribution in [3.05, 3.63) is 77.9 Å². The number of carbonyl (C=O) groups is 1. The molecule has 0 aliphatic carbocycles. The number of phenols is 1. The largest absolute Gasteiger partial charge is 1.00 e. The summed E-state index contributed by atoms with van der Waals surface area (Å²) in [4.78, 5) is 10.5. The number of aromatic hydroxyl groups is 1. The Balaban J connectivity index is 0.000000529. The minimum Gasteiger partial charge on any atom is -1.00 e. The number of fused-ring (bicyclic) bond motifs is 1. The van der Waals surface area contributed by atoms with E-state index in [1.807, 2.05) is 24.3 Å². The smallest absolute Gasteiger partial charge is 0.136 e. The average molecular weight is 460 g/mol. The topological polar surface area (TPSA) is 63.6 Å². The molecule has 0 heterocycles. The van der Waals surface area contributed by atoms with Crippen molar-refractivity contribution in [2.24, 2.45) is 0 Å². The molecular weight excluding hydrogens is 432 g/mol. The number of halogens is 1. The van der Waals surface area contributed by atoms with Gasteiger partial charge in [0.15, 0.2) is 0 Å². The van der Waals surface area contributed by atoms with Crippen molar-refractivity contribution >= 4 is 16.9 Å². The van der Waals surface area contributed by atoms with Crippen molar-refractivity contribution in [2.45, 2.75) is 13.1 Å². The van der Waals surface area contributed by atoms with E-state index in [4.69, 9.17) is 0 Å². The van der Waals surface area contributed by atoms with Gasteiger partial charge in [-0.25, -0.2) is 0 Å². The highest BCUT2D eigenvalue weighted by atomic mass is 79.9. The molecule has 1 N–H and O–H groups in total. The molecule has 1 amide bonds. The second-order valence-corrected chi connectivity index (χ2v) is 7.68. The lowest BCUT2D eigenvalue weighted by molar-refractivity contribution is -0.916. The van der Waals surface area contributed by atoms with E-state index < -0.39 is 6.09 Å². The van der Waals surface area contributed by atoms with E-state index >= 15 is 0 Å². The third-order valence-electron chi connectivity index (χ3n) is 4.42. The third-order valence-corrected chi connectivity index (χ3v) is 4.42. The first-order chi connectivity index (χ1) is 13.2. The quantitative estimate of drug-likeness (QED) is 0.567. The molecule has 0 aromatic heterocycles. The van der Waals surface area contributed by atoms with Gasteiger partial charge in [0.2, 0.25) is 0 Å². The van der Waals surface area contributed by atoms with Gasteiger partial charge in [0.05, 0.1) is 19.7 Å². The number of amides is 1. The standard InChI is InChI=1S/C20H21NO.C3H7NO2.BrH/c1-21(2,14-16-8-4-3-5-9-16)15-19-18-11-7-6-10-17(18)12-13-20(19)22;1-4(2)3(5)6;/h3-13H,14-15H2,1-2H3;1-2H3,(H,5,6);1H/p-1. The van der Waals surface area contributed by atoms with Crippen LogP contribution in [0.15, 0.2) is 66.7 Å². The molecule has 0 aliphatic heterocycles. The molecule has 5 nitrogen and oxygen atoms in total. The van der Waals surface area contributed by atoms with Crippen LogP contribution < -0.4 is 22.1 Å². The molecule has 3 rings (SSSR count). The summed E-state index contributed by atoms with van der Waals surface area (Å²) >= 11 is 0. The van der Waals surface area contributed by atoms with Crippen LogP contribution in [0.25, 0.3) is 10.8 Å². The molecule has 3 aromatic carbocycles. The SMILES string of the molecule is CN(C)C(=O)[O-].C[N+](C)(Cc1ccccc1)Cc1c(O)ccc2ccccc12.[Br-]. The molecule has 0 atom stereocenters. The highest BCUT2D eigenvalue weighted by Gasteiger charge is 2.20. The predicted molar refractivity (Wildman–Crippen MR) is 111 cm³/mol. The summed E-state index contributed by atoms with van der Waals surface area (Å²) < 4.78 is 0.797. The van der Waals surface area contributed by atoms with Gasteiger partial charge in [-0.05, 0) is 16.8 Å². The van der Waals surface area contributed by atoms with Gasteiger partial charge in [-0.3, -0.25) is 0 Å². The van der Waals surface area contributed by atoms with Crippen LogP contribution in [-0.2, 0) is 13.1 Å². The van der Waals surface area contributed by atoms with E-state index in [1.165, 1.54) is 25.0 Å². The Morgan fingerprint density at radius 2 is 1.48 bits per heavy atom. The maximum absolute atomic E-state index is 10.3. The van der Waals surface area contributed by atoms with Crippen molar-refractivity contribution in [3.8, 4) is 5.75 Å². The van der Waals surface area contributed by atoms with Crippen LogP contribution in [0.3, 0.4) is 0 Å². The number of carbonyl (C=O) groups excluding carboxylic acids is 1. The van der Waals surface area contributed by atoms with Crippen molar-refractivity contribution in [2.75, 3.05) is 28.2 Å². The summed E-state index contributed by atoms with van der Waals surface area (Å²) in [5, 5.41) is 22.2. The van der Waals surface area contributed by atoms with Crippen LogP contribution in [0.2, 0.25) is 0 Å². The lowest BCUT2D eigenvalue weighted by Crippen LogP contribution is -3.00. The molecule has 0 bridgehead atoms. The molecule has 29 heavy (non-hydrogen) atoms. The number of carboxylic acid groups (broad SMARTS) is 1. The molecule has 156 valence electrons. The van der Waals surface area contributed by atoms with Gasteiger partial charge >= 0.3 is 0 Å². The van der Waals surface area contributed by atoms with Crippen LogP contribution in [0, 0.1) is 0 Å². The number of rotatable bonds is 4. The summed E-state index contributed by atoms with van der Waals surface area (Å²) in [6, 6.07) is 22.5. The maximum Gasteiger partial charge on any atom is 0.136 e. The van der Waals surface area contributed by atoms with E-state index in [2.05, 4.69) is 50.5 Å². The number of nitrogens with zero attached hydrogens (tertiary/aromatic N) is 2. The Hall–Kier alpha value is -2.57. The Bertz CT molecular complexity index is 928. The zero-order valence-corrected chi connectivity index (χ0v) is 18.9. The zero-order valence-electron chi connectivity index (χ0n) is 17.3. The Morgan fingerprint density at radius 1 is 0.931 bits per heavy atom. The molecule has 0 spiro atoms. The van der Waals surface area contributed by atoms with E-state index in [1.54, 1.807) is 6.07 Å². The first kappa shape index (κ1) is 24.5. The molecule has 0 fully saturated rings. The molecule has 0 saturated heterocycles. The van der Waals surface area contributed by atoms with Gasteiger partial charge in [-0.15, -0.1) is 0 Å². The summed E-state index contributed by atoms with van der Waals surface area (Å²) in [7, 11) is 7.23. The van der Waals surface area contributed by atoms with Crippen molar-refractivity contribution < 1.29 is 36.5 Å². The fourth-order valence-corrected chi connectivity index (χ4v) is 3.05. The normalized spacial score (nSPS) is 10.5. The van der Waals surface area contributed by atoms with Gasteiger partial charge in [0, 0.05) is 19.7 Å². The number of hydrogen-bond donors (Lipinski definition) is 1. The van der Waals surface area contributed by atoms with E-state index in [0.717, 1.165) is 33.4 Å². The Morgan fingerprint density at radius 3 is 2.07 bits per heavy atom. The van der Waals surface area contributed by atoms with Crippen LogP contribution in [-0.4, -0.2) is 48.8 Å². The van der Waals surface area contributed by atoms with Crippen LogP contribution in [0.5, 0.6) is 5.75 Å². The summed E-state index contributed by atoms with van der Waals surface area (Å²) in [5.41, 5.74) is 2.34. The Labute approximate surface area is 183 Å². The molecule has 0 unspecified atom stereocenters. The minimum absolute atomic E-state index is 0. The number of benzene rings is 3. The van der Waals surface area contributed by atoms with Crippen molar-refractivity contribution in [1.82, 2.24) is 4.90 Å². The van der Waals surface area contributed by atoms with Gasteiger partial charge in [0.25, 0.3) is 0 Å². The lowest BCUT2D eigenvalue weighted by atomic mass is 10.0. The molecule has 0 radical (unpaired) electrons. The predicted octanol–water partition coefficient (Wildman–Crippen LogP) is 0.217. The highest BCUT2D eigenvalue weighted by molar-refractivity contribution is 5.87. The summed E-state index contributed by atoms with van der Waals surface area (Å²) in [5.74, 6) is 0.387. The van der Waals surface area contributed by atoms with E-state index in [9.17, 15) is 15.0 Å². The fourth-order valence-electron chi connectivity index (χ4n) is 3.05.